The molecular formula is C10H17N3O2S. The standard InChI is InChI=1S/C10H17N3O2S/c1-7-4-5-12-6-9(7)10(13-11)8(2)16(3,14)15/h4-6,8,10,13H,11H2,1-3H3. The van der Waals surface area contributed by atoms with Crippen molar-refractivity contribution in [2.24, 2.45) is 5.84 Å². The SMILES string of the molecule is Cc1ccncc1C(NN)C(C)S(C)(=O)=O. The van der Waals surface area contributed by atoms with Gasteiger partial charge in [-0.2, -0.15) is 0 Å². The zero-order valence-corrected chi connectivity index (χ0v) is 10.5. The van der Waals surface area contributed by atoms with Gasteiger partial charge in [-0.05, 0) is 31.0 Å². The molecule has 2 atom stereocenters. The molecule has 5 nitrogen and oxygen atoms in total. The van der Waals surface area contributed by atoms with Crippen molar-refractivity contribution in [3.63, 3.8) is 0 Å². The molecule has 90 valence electrons. The third-order valence-corrected chi connectivity index (χ3v) is 4.36. The lowest BCUT2D eigenvalue weighted by Crippen LogP contribution is -2.39. The Morgan fingerprint density at radius 2 is 2.12 bits per heavy atom. The minimum Gasteiger partial charge on any atom is -0.271 e. The molecule has 0 radical (unpaired) electrons. The van der Waals surface area contributed by atoms with Crippen LogP contribution in [0.5, 0.6) is 0 Å². The van der Waals surface area contributed by atoms with Gasteiger partial charge in [0.05, 0.1) is 11.3 Å². The van der Waals surface area contributed by atoms with Gasteiger partial charge in [0.2, 0.25) is 0 Å². The molecule has 0 aliphatic heterocycles. The van der Waals surface area contributed by atoms with E-state index in [2.05, 4.69) is 10.4 Å². The molecule has 6 heteroatoms. The molecule has 1 rings (SSSR count). The van der Waals surface area contributed by atoms with Gasteiger partial charge in [-0.15, -0.1) is 0 Å². The summed E-state index contributed by atoms with van der Waals surface area (Å²) in [5, 5.41) is -0.597. The van der Waals surface area contributed by atoms with Crippen LogP contribution in [0, 0.1) is 6.92 Å². The summed E-state index contributed by atoms with van der Waals surface area (Å²) >= 11 is 0. The fraction of sp³-hybridized carbons (Fsp3) is 0.500. The maximum Gasteiger partial charge on any atom is 0.151 e. The molecule has 3 N–H and O–H groups in total. The molecule has 1 aromatic heterocycles. The van der Waals surface area contributed by atoms with Crippen LogP contribution in [-0.2, 0) is 9.84 Å². The molecule has 0 fully saturated rings. The van der Waals surface area contributed by atoms with E-state index in [0.717, 1.165) is 11.1 Å². The molecule has 1 heterocycles. The number of hydrogen-bond donors (Lipinski definition) is 2. The Morgan fingerprint density at radius 1 is 1.50 bits per heavy atom. The lowest BCUT2D eigenvalue weighted by Gasteiger charge is -2.23. The topological polar surface area (TPSA) is 85.1 Å². The number of nitrogens with one attached hydrogen (secondary N) is 1. The second kappa shape index (κ2) is 4.90. The Hall–Kier alpha value is -0.980. The van der Waals surface area contributed by atoms with Crippen LogP contribution in [0.2, 0.25) is 0 Å². The Bertz CT molecular complexity index is 459. The van der Waals surface area contributed by atoms with E-state index in [1.165, 1.54) is 6.26 Å². The highest BCUT2D eigenvalue weighted by atomic mass is 32.2. The molecule has 0 saturated carbocycles. The van der Waals surface area contributed by atoms with Crippen molar-refractivity contribution < 1.29 is 8.42 Å². The normalized spacial score (nSPS) is 15.8. The minimum atomic E-state index is -3.15. The number of pyridine rings is 1. The van der Waals surface area contributed by atoms with Crippen molar-refractivity contribution in [1.82, 2.24) is 10.4 Å². The third-order valence-electron chi connectivity index (χ3n) is 2.74. The van der Waals surface area contributed by atoms with Crippen molar-refractivity contribution >= 4 is 9.84 Å². The molecule has 0 aliphatic rings. The number of hydrogen-bond acceptors (Lipinski definition) is 5. The van der Waals surface area contributed by atoms with Crippen LogP contribution in [0.15, 0.2) is 18.5 Å². The summed E-state index contributed by atoms with van der Waals surface area (Å²) in [6.07, 6.45) is 4.51. The van der Waals surface area contributed by atoms with Gasteiger partial charge in [-0.25, -0.2) is 8.42 Å². The number of nitrogens with zero attached hydrogens (tertiary/aromatic N) is 1. The van der Waals surface area contributed by atoms with Crippen molar-refractivity contribution in [2.75, 3.05) is 6.26 Å². The smallest absolute Gasteiger partial charge is 0.151 e. The van der Waals surface area contributed by atoms with Gasteiger partial charge in [0.1, 0.15) is 0 Å². The van der Waals surface area contributed by atoms with Crippen molar-refractivity contribution in [2.45, 2.75) is 25.1 Å². The molecule has 2 unspecified atom stereocenters. The fourth-order valence-electron chi connectivity index (χ4n) is 1.53. The summed E-state index contributed by atoms with van der Waals surface area (Å²) in [4.78, 5) is 3.99. The highest BCUT2D eigenvalue weighted by Gasteiger charge is 2.27. The lowest BCUT2D eigenvalue weighted by molar-refractivity contribution is 0.511. The molecular weight excluding hydrogens is 226 g/mol. The monoisotopic (exact) mass is 243 g/mol. The number of sulfone groups is 1. The summed E-state index contributed by atoms with van der Waals surface area (Å²) in [5.41, 5.74) is 4.32. The minimum absolute atomic E-state index is 0.441. The van der Waals surface area contributed by atoms with E-state index in [-0.39, 0.29) is 0 Å². The Kier molecular flexibility index (Phi) is 4.01. The van der Waals surface area contributed by atoms with E-state index in [1.807, 2.05) is 13.0 Å². The summed E-state index contributed by atoms with van der Waals surface area (Å²) in [5.74, 6) is 5.43. The van der Waals surface area contributed by atoms with E-state index in [1.54, 1.807) is 19.3 Å². The predicted molar refractivity (Wildman–Crippen MR) is 63.3 cm³/mol. The van der Waals surface area contributed by atoms with Crippen LogP contribution in [0.1, 0.15) is 24.1 Å². The third kappa shape index (κ3) is 2.78. The van der Waals surface area contributed by atoms with Gasteiger partial charge in [-0.3, -0.25) is 16.3 Å². The van der Waals surface area contributed by atoms with Crippen LogP contribution in [0.4, 0.5) is 0 Å². The average Bonchev–Trinajstić information content (AvgIpc) is 2.20. The molecule has 16 heavy (non-hydrogen) atoms. The fourth-order valence-corrected chi connectivity index (χ4v) is 2.25. The first-order chi connectivity index (χ1) is 7.38. The van der Waals surface area contributed by atoms with Gasteiger partial charge >= 0.3 is 0 Å². The van der Waals surface area contributed by atoms with Gasteiger partial charge < -0.3 is 0 Å². The van der Waals surface area contributed by atoms with Crippen molar-refractivity contribution in [3.8, 4) is 0 Å². The number of aromatic nitrogens is 1. The molecule has 0 aliphatic carbocycles. The number of rotatable bonds is 4. The number of aryl methyl sites for hydroxylation is 1. The first kappa shape index (κ1) is 13.1. The van der Waals surface area contributed by atoms with Gasteiger partial charge in [0.25, 0.3) is 0 Å². The van der Waals surface area contributed by atoms with Crippen molar-refractivity contribution in [1.29, 1.82) is 0 Å². The van der Waals surface area contributed by atoms with Crippen LogP contribution in [-0.4, -0.2) is 24.9 Å². The van der Waals surface area contributed by atoms with Gasteiger partial charge in [-0.1, -0.05) is 0 Å². The van der Waals surface area contributed by atoms with Gasteiger partial charge in [0.15, 0.2) is 9.84 Å². The van der Waals surface area contributed by atoms with E-state index >= 15 is 0 Å². The van der Waals surface area contributed by atoms with Crippen LogP contribution >= 0.6 is 0 Å². The largest absolute Gasteiger partial charge is 0.271 e. The highest BCUT2D eigenvalue weighted by molar-refractivity contribution is 7.91. The molecule has 0 aromatic carbocycles. The first-order valence-electron chi connectivity index (χ1n) is 4.93. The Labute approximate surface area is 96.0 Å². The first-order valence-corrected chi connectivity index (χ1v) is 6.89. The van der Waals surface area contributed by atoms with E-state index in [9.17, 15) is 8.42 Å². The number of nitrogens with two attached hydrogens (primary N) is 1. The maximum absolute atomic E-state index is 11.5. The zero-order valence-electron chi connectivity index (χ0n) is 9.64. The van der Waals surface area contributed by atoms with Crippen LogP contribution in [0.3, 0.4) is 0 Å². The zero-order chi connectivity index (χ0) is 12.3. The molecule has 1 aromatic rings. The van der Waals surface area contributed by atoms with E-state index in [4.69, 9.17) is 5.84 Å². The quantitative estimate of drug-likeness (QED) is 0.588. The maximum atomic E-state index is 11.5. The summed E-state index contributed by atoms with van der Waals surface area (Å²) in [7, 11) is -3.15. The Balaban J connectivity index is 3.14. The average molecular weight is 243 g/mol. The van der Waals surface area contributed by atoms with Crippen LogP contribution in [0.25, 0.3) is 0 Å². The number of hydrazine groups is 1. The molecule has 0 saturated heterocycles. The summed E-state index contributed by atoms with van der Waals surface area (Å²) in [6, 6.07) is 1.39. The Morgan fingerprint density at radius 3 is 2.56 bits per heavy atom. The highest BCUT2D eigenvalue weighted by Crippen LogP contribution is 2.22. The van der Waals surface area contributed by atoms with E-state index in [0.29, 0.717) is 0 Å². The summed E-state index contributed by atoms with van der Waals surface area (Å²) < 4.78 is 23.0. The molecule has 0 amide bonds. The molecule has 0 spiro atoms. The second-order valence-corrected chi connectivity index (χ2v) is 6.31. The van der Waals surface area contributed by atoms with Crippen LogP contribution < -0.4 is 11.3 Å². The lowest BCUT2D eigenvalue weighted by atomic mass is 10.0. The van der Waals surface area contributed by atoms with E-state index < -0.39 is 21.1 Å². The second-order valence-electron chi connectivity index (χ2n) is 3.91. The molecule has 0 bridgehead atoms. The summed E-state index contributed by atoms with van der Waals surface area (Å²) in [6.45, 7) is 3.53. The van der Waals surface area contributed by atoms with Gasteiger partial charge in [0, 0.05) is 18.6 Å². The predicted octanol–water partition coefficient (Wildman–Crippen LogP) is 0.328. The van der Waals surface area contributed by atoms with Crippen molar-refractivity contribution in [3.05, 3.63) is 29.6 Å².